The molecule has 4 rings (SSSR count). The maximum Gasteiger partial charge on any atom is 0.257 e. The number of hydrogen-bond acceptors (Lipinski definition) is 3. The number of nitrogens with one attached hydrogen (secondary N) is 2. The molecule has 0 bridgehead atoms. The predicted molar refractivity (Wildman–Crippen MR) is 93.4 cm³/mol. The molecule has 122 valence electrons. The first-order valence-corrected chi connectivity index (χ1v) is 8.25. The summed E-state index contributed by atoms with van der Waals surface area (Å²) in [5, 5.41) is 3.30. The molecule has 2 N–H and O–H groups in total. The summed E-state index contributed by atoms with van der Waals surface area (Å²) in [5.41, 5.74) is 2.87. The number of nitrogens with zero attached hydrogens (tertiary/aromatic N) is 1. The molecule has 2 heterocycles. The molecule has 0 radical (unpaired) electrons. The summed E-state index contributed by atoms with van der Waals surface area (Å²) in [6.07, 6.45) is 2.08. The average Bonchev–Trinajstić information content (AvgIpc) is 3.24. The van der Waals surface area contributed by atoms with E-state index >= 15 is 0 Å². The Morgan fingerprint density at radius 2 is 2.17 bits per heavy atom. The maximum absolute atomic E-state index is 12.3. The van der Waals surface area contributed by atoms with Crippen molar-refractivity contribution in [2.24, 2.45) is 0 Å². The van der Waals surface area contributed by atoms with Gasteiger partial charge in [-0.25, -0.2) is 4.98 Å². The van der Waals surface area contributed by atoms with Crippen LogP contribution < -0.4 is 5.32 Å². The molecule has 24 heavy (non-hydrogen) atoms. The van der Waals surface area contributed by atoms with Gasteiger partial charge in [-0.1, -0.05) is 23.7 Å². The quantitative estimate of drug-likeness (QED) is 0.745. The van der Waals surface area contributed by atoms with Gasteiger partial charge in [0.2, 0.25) is 0 Å². The summed E-state index contributed by atoms with van der Waals surface area (Å²) >= 11 is 6.07. The highest BCUT2D eigenvalue weighted by Crippen LogP contribution is 2.29. The predicted octanol–water partition coefficient (Wildman–Crippen LogP) is 4.32. The van der Waals surface area contributed by atoms with Crippen LogP contribution in [-0.2, 0) is 4.74 Å². The van der Waals surface area contributed by atoms with Crippen LogP contribution in [0.2, 0.25) is 5.02 Å². The van der Waals surface area contributed by atoms with Crippen molar-refractivity contribution in [3.05, 3.63) is 58.9 Å². The normalized spacial score (nSPS) is 17.3. The molecule has 1 aliphatic rings. The van der Waals surface area contributed by atoms with E-state index in [4.69, 9.17) is 16.3 Å². The van der Waals surface area contributed by atoms with Gasteiger partial charge in [0.1, 0.15) is 11.9 Å². The molecule has 0 aliphatic carbocycles. The molecular formula is C18H16ClN3O2. The van der Waals surface area contributed by atoms with Crippen molar-refractivity contribution in [3.63, 3.8) is 0 Å². The van der Waals surface area contributed by atoms with Crippen LogP contribution in [0, 0.1) is 0 Å². The number of anilines is 1. The molecule has 1 amide bonds. The Morgan fingerprint density at radius 1 is 1.29 bits per heavy atom. The van der Waals surface area contributed by atoms with E-state index in [1.54, 1.807) is 24.3 Å². The Labute approximate surface area is 144 Å². The lowest BCUT2D eigenvalue weighted by atomic mass is 10.2. The zero-order chi connectivity index (χ0) is 16.5. The van der Waals surface area contributed by atoms with Crippen LogP contribution in [0.1, 0.15) is 35.1 Å². The molecule has 1 saturated heterocycles. The molecule has 1 fully saturated rings. The lowest BCUT2D eigenvalue weighted by Crippen LogP contribution is -2.12. The minimum absolute atomic E-state index is 0.0403. The maximum atomic E-state index is 12.3. The third kappa shape index (κ3) is 2.88. The number of halogens is 1. The van der Waals surface area contributed by atoms with Gasteiger partial charge in [-0.05, 0) is 43.2 Å². The van der Waals surface area contributed by atoms with Gasteiger partial charge in [0.15, 0.2) is 0 Å². The number of aromatic nitrogens is 2. The Kier molecular flexibility index (Phi) is 3.96. The number of ether oxygens (including phenoxy) is 1. The Balaban J connectivity index is 1.58. The topological polar surface area (TPSA) is 67.0 Å². The molecule has 1 atom stereocenters. The summed E-state index contributed by atoms with van der Waals surface area (Å²) in [5.74, 6) is 0.607. The fourth-order valence-corrected chi connectivity index (χ4v) is 3.12. The number of carbonyl (C=O) groups excluding carboxylic acids is 1. The van der Waals surface area contributed by atoms with E-state index in [1.807, 2.05) is 18.2 Å². The molecule has 6 heteroatoms. The molecule has 1 aromatic heterocycles. The van der Waals surface area contributed by atoms with Crippen molar-refractivity contribution in [3.8, 4) is 0 Å². The number of H-pyrrole nitrogens is 1. The van der Waals surface area contributed by atoms with E-state index in [1.165, 1.54) is 0 Å². The van der Waals surface area contributed by atoms with E-state index in [2.05, 4.69) is 15.3 Å². The van der Waals surface area contributed by atoms with Gasteiger partial charge in [-0.2, -0.15) is 0 Å². The van der Waals surface area contributed by atoms with Crippen molar-refractivity contribution >= 4 is 34.2 Å². The van der Waals surface area contributed by atoms with Gasteiger partial charge in [0.05, 0.1) is 21.6 Å². The van der Waals surface area contributed by atoms with Gasteiger partial charge in [0.25, 0.3) is 5.91 Å². The molecule has 1 aliphatic heterocycles. The minimum Gasteiger partial charge on any atom is -0.370 e. The van der Waals surface area contributed by atoms with Gasteiger partial charge in [-0.3, -0.25) is 4.79 Å². The lowest BCUT2D eigenvalue weighted by Gasteiger charge is -2.06. The smallest absolute Gasteiger partial charge is 0.257 e. The highest BCUT2D eigenvalue weighted by molar-refractivity contribution is 6.34. The van der Waals surface area contributed by atoms with Crippen LogP contribution in [0.15, 0.2) is 42.5 Å². The fourth-order valence-electron chi connectivity index (χ4n) is 2.90. The van der Waals surface area contributed by atoms with Crippen molar-refractivity contribution < 1.29 is 9.53 Å². The SMILES string of the molecule is O=C(Nc1ccc2nc([C@@H]3CCCO3)[nH]c2c1)c1ccccc1Cl. The van der Waals surface area contributed by atoms with Crippen molar-refractivity contribution in [2.45, 2.75) is 18.9 Å². The van der Waals surface area contributed by atoms with Gasteiger partial charge in [0, 0.05) is 12.3 Å². The molecule has 0 saturated carbocycles. The number of aromatic amines is 1. The second-order valence-corrected chi connectivity index (χ2v) is 6.20. The number of amides is 1. The number of hydrogen-bond donors (Lipinski definition) is 2. The number of carbonyl (C=O) groups is 1. The fraction of sp³-hybridized carbons (Fsp3) is 0.222. The van der Waals surface area contributed by atoms with Crippen molar-refractivity contribution in [2.75, 3.05) is 11.9 Å². The van der Waals surface area contributed by atoms with E-state index in [0.717, 1.165) is 36.3 Å². The summed E-state index contributed by atoms with van der Waals surface area (Å²) in [4.78, 5) is 20.2. The van der Waals surface area contributed by atoms with E-state index < -0.39 is 0 Å². The third-order valence-corrected chi connectivity index (χ3v) is 4.44. The van der Waals surface area contributed by atoms with E-state index in [-0.39, 0.29) is 12.0 Å². The summed E-state index contributed by atoms with van der Waals surface area (Å²) < 4.78 is 5.66. The van der Waals surface area contributed by atoms with Crippen LogP contribution in [0.4, 0.5) is 5.69 Å². The van der Waals surface area contributed by atoms with Crippen LogP contribution >= 0.6 is 11.6 Å². The molecule has 0 unspecified atom stereocenters. The van der Waals surface area contributed by atoms with Crippen LogP contribution in [0.5, 0.6) is 0 Å². The zero-order valence-electron chi connectivity index (χ0n) is 12.9. The second kappa shape index (κ2) is 6.26. The largest absolute Gasteiger partial charge is 0.370 e. The van der Waals surface area contributed by atoms with Crippen molar-refractivity contribution in [1.29, 1.82) is 0 Å². The van der Waals surface area contributed by atoms with Crippen molar-refractivity contribution in [1.82, 2.24) is 9.97 Å². The van der Waals surface area contributed by atoms with E-state index in [0.29, 0.717) is 16.3 Å². The average molecular weight is 342 g/mol. The minimum atomic E-state index is -0.237. The Bertz CT molecular complexity index is 900. The molecule has 2 aromatic carbocycles. The van der Waals surface area contributed by atoms with Gasteiger partial charge in [-0.15, -0.1) is 0 Å². The lowest BCUT2D eigenvalue weighted by molar-refractivity contribution is 0.102. The highest BCUT2D eigenvalue weighted by atomic mass is 35.5. The molecule has 3 aromatic rings. The summed E-state index contributed by atoms with van der Waals surface area (Å²) in [7, 11) is 0. The Morgan fingerprint density at radius 3 is 2.96 bits per heavy atom. The third-order valence-electron chi connectivity index (χ3n) is 4.11. The molecule has 0 spiro atoms. The highest BCUT2D eigenvalue weighted by Gasteiger charge is 2.21. The summed E-state index contributed by atoms with van der Waals surface area (Å²) in [6.45, 7) is 0.779. The number of rotatable bonds is 3. The van der Waals surface area contributed by atoms with Crippen LogP contribution in [0.25, 0.3) is 11.0 Å². The number of benzene rings is 2. The Hall–Kier alpha value is -2.37. The monoisotopic (exact) mass is 341 g/mol. The second-order valence-electron chi connectivity index (χ2n) is 5.79. The van der Waals surface area contributed by atoms with Crippen LogP contribution in [-0.4, -0.2) is 22.5 Å². The van der Waals surface area contributed by atoms with E-state index in [9.17, 15) is 4.79 Å². The first-order valence-electron chi connectivity index (χ1n) is 7.88. The first-order chi connectivity index (χ1) is 11.7. The summed E-state index contributed by atoms with van der Waals surface area (Å²) in [6, 6.07) is 12.6. The zero-order valence-corrected chi connectivity index (χ0v) is 13.6. The number of fused-ring (bicyclic) bond motifs is 1. The van der Waals surface area contributed by atoms with Gasteiger partial charge < -0.3 is 15.0 Å². The standard InChI is InChI=1S/C18H16ClN3O2/c19-13-5-2-1-4-12(13)18(23)20-11-7-8-14-15(10-11)22-17(21-14)16-6-3-9-24-16/h1-2,4-5,7-8,10,16H,3,6,9H2,(H,20,23)(H,21,22)/t16-/m0/s1. The molecular weight excluding hydrogens is 326 g/mol. The van der Waals surface area contributed by atoms with Crippen LogP contribution in [0.3, 0.4) is 0 Å². The molecule has 5 nitrogen and oxygen atoms in total. The van der Waals surface area contributed by atoms with Gasteiger partial charge >= 0.3 is 0 Å². The number of imidazole rings is 1. The first kappa shape index (κ1) is 15.2.